The fraction of sp³-hybridized carbons (Fsp3) is 0.474. The molecule has 0 bridgehead atoms. The van der Waals surface area contributed by atoms with Crippen LogP contribution in [0.15, 0.2) is 33.8 Å². The number of benzene rings is 1. The molecular formula is C19H29BrN6O3S. The quantitative estimate of drug-likeness (QED) is 0.371. The average Bonchev–Trinajstić information content (AvgIpc) is 2.69. The van der Waals surface area contributed by atoms with Gasteiger partial charge in [-0.3, -0.25) is 0 Å². The summed E-state index contributed by atoms with van der Waals surface area (Å²) in [4.78, 5) is 10.8. The van der Waals surface area contributed by atoms with Crippen molar-refractivity contribution in [3.8, 4) is 0 Å². The van der Waals surface area contributed by atoms with Crippen LogP contribution < -0.4 is 15.4 Å². The van der Waals surface area contributed by atoms with E-state index in [1.807, 2.05) is 25.9 Å². The van der Waals surface area contributed by atoms with Gasteiger partial charge < -0.3 is 20.6 Å². The van der Waals surface area contributed by atoms with Crippen molar-refractivity contribution in [2.45, 2.75) is 31.2 Å². The molecule has 1 atom stereocenters. The van der Waals surface area contributed by atoms with Gasteiger partial charge in [0.05, 0.1) is 22.0 Å². The van der Waals surface area contributed by atoms with Crippen molar-refractivity contribution in [2.24, 2.45) is 0 Å². The highest BCUT2D eigenvalue weighted by atomic mass is 79.9. The molecule has 9 nitrogen and oxygen atoms in total. The molecule has 0 saturated carbocycles. The summed E-state index contributed by atoms with van der Waals surface area (Å²) in [5.41, 5.74) is 1.20. The van der Waals surface area contributed by atoms with Gasteiger partial charge in [-0.25, -0.2) is 18.1 Å². The number of aliphatic hydroxyl groups excluding tert-OH is 1. The number of anilines is 3. The number of hydrogen-bond donors (Lipinski definition) is 4. The largest absolute Gasteiger partial charge is 0.394 e. The van der Waals surface area contributed by atoms with E-state index in [0.29, 0.717) is 40.6 Å². The normalized spacial score (nSPS) is 12.8. The summed E-state index contributed by atoms with van der Waals surface area (Å²) in [7, 11) is 0.123. The van der Waals surface area contributed by atoms with E-state index in [2.05, 4.69) is 41.3 Å². The molecule has 11 heteroatoms. The predicted molar refractivity (Wildman–Crippen MR) is 123 cm³/mol. The predicted octanol–water partition coefficient (Wildman–Crippen LogP) is 2.31. The van der Waals surface area contributed by atoms with Crippen LogP contribution in [-0.4, -0.2) is 68.2 Å². The van der Waals surface area contributed by atoms with Crippen molar-refractivity contribution < 1.29 is 13.5 Å². The van der Waals surface area contributed by atoms with Crippen LogP contribution in [-0.2, 0) is 10.0 Å². The zero-order valence-corrected chi connectivity index (χ0v) is 20.0. The van der Waals surface area contributed by atoms with Gasteiger partial charge in [0.25, 0.3) is 0 Å². The smallest absolute Gasteiger partial charge is 0.240 e. The van der Waals surface area contributed by atoms with Gasteiger partial charge in [-0.1, -0.05) is 13.0 Å². The van der Waals surface area contributed by atoms with Crippen LogP contribution in [0.25, 0.3) is 0 Å². The third kappa shape index (κ3) is 6.88. The lowest BCUT2D eigenvalue weighted by atomic mass is 10.2. The zero-order valence-electron chi connectivity index (χ0n) is 17.6. The topological polar surface area (TPSA) is 119 Å². The van der Waals surface area contributed by atoms with Crippen LogP contribution in [0.3, 0.4) is 0 Å². The summed E-state index contributed by atoms with van der Waals surface area (Å²) >= 11 is 3.40. The summed E-state index contributed by atoms with van der Waals surface area (Å²) in [5.74, 6) is 0.847. The number of nitrogens with one attached hydrogen (secondary N) is 3. The summed E-state index contributed by atoms with van der Waals surface area (Å²) in [5, 5.41) is 15.6. The Morgan fingerprint density at radius 1 is 1.30 bits per heavy atom. The molecule has 4 N–H and O–H groups in total. The molecule has 0 saturated heterocycles. The molecule has 0 amide bonds. The van der Waals surface area contributed by atoms with E-state index >= 15 is 0 Å². The molecule has 1 aromatic heterocycles. The van der Waals surface area contributed by atoms with Gasteiger partial charge in [0.1, 0.15) is 5.82 Å². The molecule has 0 fully saturated rings. The second-order valence-corrected chi connectivity index (χ2v) is 9.72. The lowest BCUT2D eigenvalue weighted by Crippen LogP contribution is -2.31. The molecule has 30 heavy (non-hydrogen) atoms. The van der Waals surface area contributed by atoms with Crippen LogP contribution >= 0.6 is 15.9 Å². The second kappa shape index (κ2) is 11.0. The molecular weight excluding hydrogens is 472 g/mol. The Hall–Kier alpha value is -1.79. The van der Waals surface area contributed by atoms with E-state index in [4.69, 9.17) is 0 Å². The Morgan fingerprint density at radius 3 is 2.67 bits per heavy atom. The lowest BCUT2D eigenvalue weighted by molar-refractivity contribution is 0.271. The van der Waals surface area contributed by atoms with Crippen molar-refractivity contribution in [3.05, 3.63) is 34.4 Å². The molecule has 0 aliphatic carbocycles. The minimum atomic E-state index is -3.64. The maximum absolute atomic E-state index is 12.7. The second-order valence-electron chi connectivity index (χ2n) is 7.13. The molecule has 2 rings (SSSR count). The number of aryl methyl sites for hydroxylation is 1. The number of halogens is 1. The van der Waals surface area contributed by atoms with Gasteiger partial charge in [-0.2, -0.15) is 4.98 Å². The maximum Gasteiger partial charge on any atom is 0.240 e. The molecule has 166 valence electrons. The third-order valence-electron chi connectivity index (χ3n) is 4.38. The monoisotopic (exact) mass is 500 g/mol. The SMILES string of the molecule is CC[C@H](CO)Nc1nc(Nc2ccc(C)c(S(=O)(=O)NCCN(C)C)c2)ncc1Br. The van der Waals surface area contributed by atoms with Crippen molar-refractivity contribution in [2.75, 3.05) is 44.4 Å². The minimum Gasteiger partial charge on any atom is -0.394 e. The van der Waals surface area contributed by atoms with Crippen molar-refractivity contribution in [1.29, 1.82) is 0 Å². The summed E-state index contributed by atoms with van der Waals surface area (Å²) in [6.07, 6.45) is 2.33. The zero-order chi connectivity index (χ0) is 22.3. The Kier molecular flexibility index (Phi) is 8.98. The molecule has 1 heterocycles. The Labute approximate surface area is 186 Å². The van der Waals surface area contributed by atoms with Gasteiger partial charge in [-0.05, 0) is 61.1 Å². The number of rotatable bonds is 11. The summed E-state index contributed by atoms with van der Waals surface area (Å²) < 4.78 is 28.7. The first kappa shape index (κ1) is 24.5. The number of likely N-dealkylation sites (N-methyl/N-ethyl adjacent to an activating group) is 1. The third-order valence-corrected chi connectivity index (χ3v) is 6.57. The Morgan fingerprint density at radius 2 is 2.03 bits per heavy atom. The Bertz CT molecular complexity index is 951. The van der Waals surface area contributed by atoms with Crippen molar-refractivity contribution >= 4 is 43.4 Å². The number of aromatic nitrogens is 2. The number of hydrogen-bond acceptors (Lipinski definition) is 8. The van der Waals surface area contributed by atoms with Gasteiger partial charge in [0.2, 0.25) is 16.0 Å². The Balaban J connectivity index is 2.23. The van der Waals surface area contributed by atoms with Gasteiger partial charge >= 0.3 is 0 Å². The van der Waals surface area contributed by atoms with E-state index < -0.39 is 10.0 Å². The highest BCUT2D eigenvalue weighted by molar-refractivity contribution is 9.10. The first-order valence-corrected chi connectivity index (χ1v) is 11.9. The van der Waals surface area contributed by atoms with Crippen LogP contribution in [0, 0.1) is 6.92 Å². The maximum atomic E-state index is 12.7. The van der Waals surface area contributed by atoms with Crippen molar-refractivity contribution in [3.63, 3.8) is 0 Å². The summed E-state index contributed by atoms with van der Waals surface area (Å²) in [6, 6.07) is 4.94. The highest BCUT2D eigenvalue weighted by Gasteiger charge is 2.18. The van der Waals surface area contributed by atoms with Gasteiger partial charge in [-0.15, -0.1) is 0 Å². The van der Waals surface area contributed by atoms with Crippen LogP contribution in [0.2, 0.25) is 0 Å². The minimum absolute atomic E-state index is 0.0181. The van der Waals surface area contributed by atoms with Gasteiger partial charge in [0.15, 0.2) is 0 Å². The van der Waals surface area contributed by atoms with E-state index in [1.54, 1.807) is 31.3 Å². The average molecular weight is 501 g/mol. The standard InChI is InChI=1S/C19H29BrN6O3S/c1-5-14(12-27)23-18-16(20)11-21-19(25-18)24-15-7-6-13(2)17(10-15)30(28,29)22-8-9-26(3)4/h6-7,10-11,14,22,27H,5,8-9,12H2,1-4H3,(H2,21,23,24,25)/t14-/m1/s1. The van der Waals surface area contributed by atoms with E-state index in [1.165, 1.54) is 0 Å². The molecule has 0 unspecified atom stereocenters. The molecule has 2 aromatic rings. The van der Waals surface area contributed by atoms with Gasteiger partial charge in [0, 0.05) is 25.0 Å². The van der Waals surface area contributed by atoms with Crippen LogP contribution in [0.1, 0.15) is 18.9 Å². The first-order chi connectivity index (χ1) is 14.2. The fourth-order valence-corrected chi connectivity index (χ4v) is 4.17. The summed E-state index contributed by atoms with van der Waals surface area (Å²) in [6.45, 7) is 4.62. The lowest BCUT2D eigenvalue weighted by Gasteiger charge is -2.17. The van der Waals surface area contributed by atoms with E-state index in [0.717, 1.165) is 6.42 Å². The van der Waals surface area contributed by atoms with E-state index in [9.17, 15) is 13.5 Å². The van der Waals surface area contributed by atoms with E-state index in [-0.39, 0.29) is 17.5 Å². The van der Waals surface area contributed by atoms with Crippen molar-refractivity contribution in [1.82, 2.24) is 19.6 Å². The number of nitrogens with zero attached hydrogens (tertiary/aromatic N) is 3. The molecule has 0 aliphatic rings. The van der Waals surface area contributed by atoms with Crippen LogP contribution in [0.5, 0.6) is 0 Å². The molecule has 1 aromatic carbocycles. The number of sulfonamides is 1. The molecule has 0 spiro atoms. The van der Waals surface area contributed by atoms with Crippen LogP contribution in [0.4, 0.5) is 17.5 Å². The fourth-order valence-electron chi connectivity index (χ4n) is 2.58. The first-order valence-electron chi connectivity index (χ1n) is 9.58. The molecule has 0 aliphatic heterocycles. The number of aliphatic hydroxyl groups is 1. The highest BCUT2D eigenvalue weighted by Crippen LogP contribution is 2.25. The molecule has 0 radical (unpaired) electrons.